The second-order valence-electron chi connectivity index (χ2n) is 1.09. The van der Waals surface area contributed by atoms with E-state index in [1.807, 2.05) is 0 Å². The van der Waals surface area contributed by atoms with E-state index in [0.29, 0.717) is 4.32 Å². The van der Waals surface area contributed by atoms with E-state index >= 15 is 0 Å². The molecule has 0 aliphatic carbocycles. The molecule has 0 fully saturated rings. The number of carbonyl (C=O) groups is 1. The van der Waals surface area contributed by atoms with Gasteiger partial charge in [0.25, 0.3) is 0 Å². The zero-order chi connectivity index (χ0) is 9.28. The van der Waals surface area contributed by atoms with Crippen LogP contribution >= 0.6 is 24.8 Å². The van der Waals surface area contributed by atoms with Crippen molar-refractivity contribution in [3.8, 4) is 0 Å². The summed E-state index contributed by atoms with van der Waals surface area (Å²) in [5.41, 5.74) is 3.88. The fourth-order valence-corrected chi connectivity index (χ4v) is 0.0589. The molecule has 0 aromatic heterocycles. The van der Waals surface area contributed by atoms with Crippen LogP contribution in [0.4, 0.5) is 4.79 Å². The summed E-state index contributed by atoms with van der Waals surface area (Å²) >= 11 is 7.92. The molecule has 0 heterocycles. The Kier molecular flexibility index (Phi) is 11.2. The van der Waals surface area contributed by atoms with Crippen LogP contribution in [0.3, 0.4) is 0 Å². The van der Waals surface area contributed by atoms with Crippen LogP contribution in [-0.4, -0.2) is 17.5 Å². The van der Waals surface area contributed by atoms with Crippen LogP contribution < -0.4 is 22.5 Å². The molecule has 0 bridgehead atoms. The van der Waals surface area contributed by atoms with Gasteiger partial charge in [-0.15, -0.1) is 12.6 Å². The SMILES string of the molecule is COC(=O)NN.NNC(=S)S. The van der Waals surface area contributed by atoms with E-state index < -0.39 is 6.09 Å². The smallest absolute Gasteiger partial charge is 0.421 e. The number of nitrogens with two attached hydrogens (primary N) is 2. The second-order valence-corrected chi connectivity index (χ2v) is 2.24. The molecule has 8 heteroatoms. The largest absolute Gasteiger partial charge is 0.452 e. The minimum Gasteiger partial charge on any atom is -0.452 e. The molecule has 66 valence electrons. The third-order valence-corrected chi connectivity index (χ3v) is 0.674. The van der Waals surface area contributed by atoms with Crippen molar-refractivity contribution in [1.82, 2.24) is 10.9 Å². The van der Waals surface area contributed by atoms with Crippen LogP contribution in [0.2, 0.25) is 0 Å². The van der Waals surface area contributed by atoms with Crippen LogP contribution in [-0.2, 0) is 4.74 Å². The molecule has 1 amide bonds. The van der Waals surface area contributed by atoms with E-state index in [1.165, 1.54) is 7.11 Å². The number of ether oxygens (including phenoxy) is 1. The minimum atomic E-state index is -0.630. The lowest BCUT2D eigenvalue weighted by Crippen LogP contribution is -2.29. The third-order valence-electron chi connectivity index (χ3n) is 0.427. The van der Waals surface area contributed by atoms with Gasteiger partial charge in [-0.25, -0.2) is 16.5 Å². The molecule has 6 nitrogen and oxygen atoms in total. The lowest BCUT2D eigenvalue weighted by molar-refractivity contribution is 0.171. The van der Waals surface area contributed by atoms with E-state index in [2.05, 4.69) is 40.9 Å². The van der Waals surface area contributed by atoms with Gasteiger partial charge in [0, 0.05) is 0 Å². The summed E-state index contributed by atoms with van der Waals surface area (Å²) in [5, 5.41) is 0. The van der Waals surface area contributed by atoms with Crippen LogP contribution in [0.15, 0.2) is 0 Å². The van der Waals surface area contributed by atoms with Crippen molar-refractivity contribution in [1.29, 1.82) is 0 Å². The van der Waals surface area contributed by atoms with Crippen LogP contribution in [0.5, 0.6) is 0 Å². The number of nitrogens with one attached hydrogen (secondary N) is 2. The van der Waals surface area contributed by atoms with Crippen molar-refractivity contribution >= 4 is 35.3 Å². The van der Waals surface area contributed by atoms with Gasteiger partial charge in [0.15, 0.2) is 0 Å². The summed E-state index contributed by atoms with van der Waals surface area (Å²) < 4.78 is 4.33. The number of hydrogen-bond donors (Lipinski definition) is 5. The quantitative estimate of drug-likeness (QED) is 0.111. The Morgan fingerprint density at radius 3 is 1.91 bits per heavy atom. The molecular formula is C3H10N4O2S2. The van der Waals surface area contributed by atoms with Crippen molar-refractivity contribution in [2.24, 2.45) is 11.7 Å². The number of hydrazine groups is 2. The highest BCUT2D eigenvalue weighted by Gasteiger charge is 1.85. The van der Waals surface area contributed by atoms with E-state index in [1.54, 1.807) is 5.43 Å². The Labute approximate surface area is 75.0 Å². The minimum absolute atomic E-state index is 0.310. The Hall–Kier alpha value is -0.570. The van der Waals surface area contributed by atoms with Crippen LogP contribution in [0, 0.1) is 0 Å². The van der Waals surface area contributed by atoms with Gasteiger partial charge >= 0.3 is 6.09 Å². The highest BCUT2D eigenvalue weighted by atomic mass is 32.1. The first-order valence-electron chi connectivity index (χ1n) is 2.32. The van der Waals surface area contributed by atoms with Gasteiger partial charge in [0.2, 0.25) is 0 Å². The molecule has 0 atom stereocenters. The van der Waals surface area contributed by atoms with Crippen molar-refractivity contribution in [3.05, 3.63) is 0 Å². The first-order chi connectivity index (χ1) is 5.08. The summed E-state index contributed by atoms with van der Waals surface area (Å²) in [4.78, 5) is 9.72. The summed E-state index contributed by atoms with van der Waals surface area (Å²) in [6.07, 6.45) is -0.630. The van der Waals surface area contributed by atoms with E-state index in [-0.39, 0.29) is 0 Å². The Morgan fingerprint density at radius 1 is 1.55 bits per heavy atom. The average molecular weight is 198 g/mol. The second kappa shape index (κ2) is 9.43. The van der Waals surface area contributed by atoms with Gasteiger partial charge in [0.1, 0.15) is 4.32 Å². The Balaban J connectivity index is 0. The molecule has 0 saturated heterocycles. The van der Waals surface area contributed by atoms with Crippen molar-refractivity contribution < 1.29 is 9.53 Å². The number of amides is 1. The van der Waals surface area contributed by atoms with E-state index in [4.69, 9.17) is 5.84 Å². The number of methoxy groups -OCH3 is 1. The predicted octanol–water partition coefficient (Wildman–Crippen LogP) is -1.12. The molecule has 0 aromatic rings. The summed E-state index contributed by atoms with van der Waals surface area (Å²) in [5.74, 6) is 9.26. The molecule has 0 aliphatic heterocycles. The van der Waals surface area contributed by atoms with Gasteiger partial charge < -0.3 is 10.2 Å². The van der Waals surface area contributed by atoms with Gasteiger partial charge in [-0.2, -0.15) is 0 Å². The topological polar surface area (TPSA) is 102 Å². The monoisotopic (exact) mass is 198 g/mol. The van der Waals surface area contributed by atoms with E-state index in [9.17, 15) is 4.79 Å². The molecule has 0 aromatic carbocycles. The Bertz CT molecular complexity index is 125. The molecule has 0 spiro atoms. The summed E-state index contributed by atoms with van der Waals surface area (Å²) in [7, 11) is 1.24. The summed E-state index contributed by atoms with van der Waals surface area (Å²) in [6.45, 7) is 0. The van der Waals surface area contributed by atoms with Gasteiger partial charge in [0.05, 0.1) is 7.11 Å². The van der Waals surface area contributed by atoms with Gasteiger partial charge in [-0.05, 0) is 0 Å². The third kappa shape index (κ3) is 17.7. The predicted molar refractivity (Wildman–Crippen MR) is 48.6 cm³/mol. The molecule has 11 heavy (non-hydrogen) atoms. The molecule has 0 unspecified atom stereocenters. The van der Waals surface area contributed by atoms with Crippen molar-refractivity contribution in [2.75, 3.05) is 7.11 Å². The van der Waals surface area contributed by atoms with Crippen LogP contribution in [0.1, 0.15) is 0 Å². The first-order valence-corrected chi connectivity index (χ1v) is 3.18. The maximum Gasteiger partial charge on any atom is 0.421 e. The molecule has 0 saturated carbocycles. The first kappa shape index (κ1) is 13.1. The van der Waals surface area contributed by atoms with Crippen molar-refractivity contribution in [2.45, 2.75) is 0 Å². The highest BCUT2D eigenvalue weighted by molar-refractivity contribution is 8.11. The van der Waals surface area contributed by atoms with Gasteiger partial charge in [-0.1, -0.05) is 12.2 Å². The zero-order valence-corrected chi connectivity index (χ0v) is 7.54. The number of thiocarbonyl (C=S) groups is 1. The maximum atomic E-state index is 9.72. The molecule has 0 rings (SSSR count). The van der Waals surface area contributed by atoms with Crippen LogP contribution in [0.25, 0.3) is 0 Å². The molecular weight excluding hydrogens is 188 g/mol. The van der Waals surface area contributed by atoms with E-state index in [0.717, 1.165) is 0 Å². The normalized spacial score (nSPS) is 6.91. The molecule has 6 N–H and O–H groups in total. The number of carbonyl (C=O) groups excluding carboxylic acids is 1. The number of hydrogen-bond acceptors (Lipinski definition) is 5. The summed E-state index contributed by atoms with van der Waals surface area (Å²) in [6, 6.07) is 0. The van der Waals surface area contributed by atoms with Crippen molar-refractivity contribution in [3.63, 3.8) is 0 Å². The molecule has 0 radical (unpaired) electrons. The lowest BCUT2D eigenvalue weighted by Gasteiger charge is -1.90. The average Bonchev–Trinajstić information content (AvgIpc) is 2.04. The number of rotatable bonds is 0. The highest BCUT2D eigenvalue weighted by Crippen LogP contribution is 1.68. The maximum absolute atomic E-state index is 9.72. The fraction of sp³-hybridized carbons (Fsp3) is 0.333. The zero-order valence-electron chi connectivity index (χ0n) is 5.83. The Morgan fingerprint density at radius 2 is 1.91 bits per heavy atom. The van der Waals surface area contributed by atoms with Gasteiger partial charge in [-0.3, -0.25) is 5.43 Å². The lowest BCUT2D eigenvalue weighted by atomic mass is 11.2. The molecule has 0 aliphatic rings. The fourth-order valence-electron chi connectivity index (χ4n) is 0.0589. The standard InChI is InChI=1S/C2H6N2O2.CH4N2S2/c1-6-2(5)4-3;2-3-1(4)5/h3H2,1H3,(H,4,5);2H2,(H2,3,4,5). The number of thiol groups is 1.